The third-order valence-electron chi connectivity index (χ3n) is 5.12. The molecular weight excluding hydrogens is 493 g/mol. The Morgan fingerprint density at radius 2 is 1.86 bits per heavy atom. The molecule has 0 amide bonds. The van der Waals surface area contributed by atoms with Gasteiger partial charge in [-0.15, -0.1) is 0 Å². The van der Waals surface area contributed by atoms with Crippen LogP contribution in [0.5, 0.6) is 5.75 Å². The largest absolute Gasteiger partial charge is 0.485 e. The van der Waals surface area contributed by atoms with Gasteiger partial charge in [-0.05, 0) is 56.2 Å². The van der Waals surface area contributed by atoms with E-state index in [9.17, 15) is 13.7 Å². The molecule has 35 heavy (non-hydrogen) atoms. The first-order valence-electron chi connectivity index (χ1n) is 10.5. The fourth-order valence-corrected chi connectivity index (χ4v) is 4.18. The average molecular weight is 516 g/mol. The molecule has 8 nitrogen and oxygen atoms in total. The van der Waals surface area contributed by atoms with Crippen molar-refractivity contribution in [2.75, 3.05) is 12.5 Å². The highest BCUT2D eigenvalue weighted by molar-refractivity contribution is 8.27. The van der Waals surface area contributed by atoms with Crippen molar-refractivity contribution in [2.24, 2.45) is 0 Å². The number of hydrogen-bond donors (Lipinski definition) is 1. The quantitative estimate of drug-likeness (QED) is 0.361. The minimum Gasteiger partial charge on any atom is -0.485 e. The Kier molecular flexibility index (Phi) is 6.88. The molecule has 11 heteroatoms. The lowest BCUT2D eigenvalue weighted by molar-refractivity contribution is 0.300. The Bertz CT molecular complexity index is 1460. The second kappa shape index (κ2) is 9.73. The Labute approximate surface area is 208 Å². The highest BCUT2D eigenvalue weighted by atomic mass is 35.5. The van der Waals surface area contributed by atoms with Gasteiger partial charge in [0.05, 0.1) is 29.0 Å². The molecule has 4 aromatic rings. The van der Waals surface area contributed by atoms with E-state index in [1.54, 1.807) is 50.0 Å². The Balaban J connectivity index is 1.72. The van der Waals surface area contributed by atoms with Crippen molar-refractivity contribution in [1.29, 1.82) is 0 Å². The summed E-state index contributed by atoms with van der Waals surface area (Å²) in [5.41, 5.74) is 3.00. The summed E-state index contributed by atoms with van der Waals surface area (Å²) >= 11 is 6.39. The topological polar surface area (TPSA) is 103 Å². The summed E-state index contributed by atoms with van der Waals surface area (Å²) in [4.78, 5) is 30.3. The lowest BCUT2D eigenvalue weighted by Gasteiger charge is -2.21. The van der Waals surface area contributed by atoms with Gasteiger partial charge >= 0.3 is 0 Å². The fourth-order valence-electron chi connectivity index (χ4n) is 3.35. The molecule has 0 bridgehead atoms. The predicted molar refractivity (Wildman–Crippen MR) is 134 cm³/mol. The van der Waals surface area contributed by atoms with Crippen LogP contribution < -0.4 is 10.3 Å². The van der Waals surface area contributed by atoms with Crippen LogP contribution in [0.4, 0.5) is 4.39 Å². The molecule has 4 heterocycles. The molecule has 0 fully saturated rings. The van der Waals surface area contributed by atoms with Crippen molar-refractivity contribution < 1.29 is 13.7 Å². The van der Waals surface area contributed by atoms with E-state index in [4.69, 9.17) is 16.3 Å². The molecule has 0 aliphatic carbocycles. The van der Waals surface area contributed by atoms with Crippen molar-refractivity contribution in [2.45, 2.75) is 25.6 Å². The molecule has 0 saturated heterocycles. The van der Waals surface area contributed by atoms with E-state index in [2.05, 4.69) is 19.9 Å². The second-order valence-electron chi connectivity index (χ2n) is 8.21. The van der Waals surface area contributed by atoms with Gasteiger partial charge in [0, 0.05) is 24.2 Å². The molecule has 0 aliphatic rings. The zero-order valence-corrected chi connectivity index (χ0v) is 21.1. The summed E-state index contributed by atoms with van der Waals surface area (Å²) in [5, 5.41) is 0.248. The molecule has 1 N–H and O–H groups in total. The lowest BCUT2D eigenvalue weighted by Crippen LogP contribution is -2.23. The van der Waals surface area contributed by atoms with Crippen LogP contribution in [0.25, 0.3) is 17.1 Å². The highest BCUT2D eigenvalue weighted by Gasteiger charge is 2.18. The van der Waals surface area contributed by atoms with E-state index in [1.807, 2.05) is 6.92 Å². The van der Waals surface area contributed by atoms with Crippen LogP contribution in [0, 0.1) is 19.7 Å². The standard InChI is InChI=1S/C24H23ClFN5O3S/c1-14-11-29-19(18-7-8-27-24(30-18)35(3,4)33)10-20(14)31-15(2)9-21(22(25)23(31)32)34-13-17-6-5-16(26)12-28-17/h5-12,33H,13H2,1-4H3. The van der Waals surface area contributed by atoms with Crippen LogP contribution in [-0.2, 0) is 6.61 Å². The molecule has 0 saturated carbocycles. The number of aryl methyl sites for hydroxylation is 2. The minimum atomic E-state index is -2.11. The smallest absolute Gasteiger partial charge is 0.277 e. The van der Waals surface area contributed by atoms with Gasteiger partial charge in [0.15, 0.2) is 5.16 Å². The van der Waals surface area contributed by atoms with Crippen molar-refractivity contribution in [3.05, 3.63) is 87.1 Å². The van der Waals surface area contributed by atoms with E-state index < -0.39 is 21.7 Å². The molecule has 4 aromatic heterocycles. The van der Waals surface area contributed by atoms with Crippen LogP contribution >= 0.6 is 21.9 Å². The summed E-state index contributed by atoms with van der Waals surface area (Å²) in [5.74, 6) is -0.242. The Hall–Kier alpha value is -3.34. The minimum absolute atomic E-state index is 0.0283. The molecule has 182 valence electrons. The summed E-state index contributed by atoms with van der Waals surface area (Å²) in [7, 11) is -2.11. The van der Waals surface area contributed by atoms with E-state index in [1.165, 1.54) is 16.7 Å². The highest BCUT2D eigenvalue weighted by Crippen LogP contribution is 2.42. The molecule has 0 aliphatic heterocycles. The zero-order valence-electron chi connectivity index (χ0n) is 19.5. The van der Waals surface area contributed by atoms with Gasteiger partial charge in [0.1, 0.15) is 23.2 Å². The third kappa shape index (κ3) is 5.34. The van der Waals surface area contributed by atoms with Crippen LogP contribution in [-0.4, -0.2) is 41.6 Å². The molecule has 0 atom stereocenters. The number of hydrogen-bond acceptors (Lipinski definition) is 7. The Morgan fingerprint density at radius 1 is 1.09 bits per heavy atom. The summed E-state index contributed by atoms with van der Waals surface area (Å²) in [6.45, 7) is 3.63. The first-order valence-corrected chi connectivity index (χ1v) is 13.2. The van der Waals surface area contributed by atoms with Crippen LogP contribution in [0.2, 0.25) is 5.02 Å². The number of ether oxygens (including phenoxy) is 1. The molecule has 4 rings (SSSR count). The van der Waals surface area contributed by atoms with Crippen molar-refractivity contribution in [3.8, 4) is 22.8 Å². The number of rotatable bonds is 6. The monoisotopic (exact) mass is 515 g/mol. The van der Waals surface area contributed by atoms with Crippen molar-refractivity contribution >= 4 is 21.9 Å². The second-order valence-corrected chi connectivity index (χ2v) is 11.5. The Morgan fingerprint density at radius 3 is 2.54 bits per heavy atom. The maximum atomic E-state index is 13.3. The first kappa shape index (κ1) is 24.8. The van der Waals surface area contributed by atoms with E-state index in [0.29, 0.717) is 33.6 Å². The van der Waals surface area contributed by atoms with Gasteiger partial charge in [-0.3, -0.25) is 19.3 Å². The third-order valence-corrected chi connectivity index (χ3v) is 6.56. The maximum Gasteiger partial charge on any atom is 0.277 e. The fraction of sp³-hybridized carbons (Fsp3) is 0.208. The number of nitrogens with zero attached hydrogens (tertiary/aromatic N) is 5. The molecular formula is C24H23ClFN5O3S. The predicted octanol–water partition coefficient (Wildman–Crippen LogP) is 4.97. The van der Waals surface area contributed by atoms with Gasteiger partial charge in [-0.25, -0.2) is 14.4 Å². The lowest BCUT2D eigenvalue weighted by atomic mass is 10.1. The van der Waals surface area contributed by atoms with E-state index in [0.717, 1.165) is 11.8 Å². The number of aromatic nitrogens is 5. The van der Waals surface area contributed by atoms with E-state index in [-0.39, 0.29) is 17.4 Å². The van der Waals surface area contributed by atoms with Gasteiger partial charge < -0.3 is 9.29 Å². The van der Waals surface area contributed by atoms with Crippen molar-refractivity contribution in [3.63, 3.8) is 0 Å². The summed E-state index contributed by atoms with van der Waals surface area (Å²) < 4.78 is 30.6. The van der Waals surface area contributed by atoms with Crippen LogP contribution in [0.1, 0.15) is 17.0 Å². The summed E-state index contributed by atoms with van der Waals surface area (Å²) in [6, 6.07) is 7.88. The van der Waals surface area contributed by atoms with Gasteiger partial charge in [0.2, 0.25) is 0 Å². The van der Waals surface area contributed by atoms with Gasteiger partial charge in [0.25, 0.3) is 5.56 Å². The zero-order chi connectivity index (χ0) is 25.3. The maximum absolute atomic E-state index is 13.3. The SMILES string of the molecule is Cc1cnc(-c2ccnc(S(C)(C)O)n2)cc1-n1c(C)cc(OCc2ccc(F)cn2)c(Cl)c1=O. The molecule has 0 unspecified atom stereocenters. The van der Waals surface area contributed by atoms with Gasteiger partial charge in [-0.2, -0.15) is 0 Å². The molecule has 0 aromatic carbocycles. The molecule has 0 radical (unpaired) electrons. The average Bonchev–Trinajstić information content (AvgIpc) is 2.82. The normalized spacial score (nSPS) is 12.0. The molecule has 0 spiro atoms. The van der Waals surface area contributed by atoms with Crippen LogP contribution in [0.3, 0.4) is 0 Å². The van der Waals surface area contributed by atoms with Crippen LogP contribution in [0.15, 0.2) is 58.9 Å². The number of halogens is 2. The first-order chi connectivity index (χ1) is 16.5. The van der Waals surface area contributed by atoms with Crippen molar-refractivity contribution in [1.82, 2.24) is 24.5 Å². The summed E-state index contributed by atoms with van der Waals surface area (Å²) in [6.07, 6.45) is 7.67. The number of pyridine rings is 3. The van der Waals surface area contributed by atoms with Gasteiger partial charge in [-0.1, -0.05) is 21.9 Å². The van der Waals surface area contributed by atoms with E-state index >= 15 is 0 Å².